The van der Waals surface area contributed by atoms with Crippen LogP contribution in [-0.4, -0.2) is 24.5 Å². The van der Waals surface area contributed by atoms with Gasteiger partial charge >= 0.3 is 5.97 Å². The van der Waals surface area contributed by atoms with E-state index in [0.717, 1.165) is 18.4 Å². The second-order valence-corrected chi connectivity index (χ2v) is 7.37. The number of rotatable bonds is 10. The molecule has 160 valence electrons. The molecule has 5 nitrogen and oxygen atoms in total. The summed E-state index contributed by atoms with van der Waals surface area (Å²) in [7, 11) is 0. The highest BCUT2D eigenvalue weighted by Gasteiger charge is 2.12. The fraction of sp³-hybridized carbons (Fsp3) is 0.231. The van der Waals surface area contributed by atoms with Crippen LogP contribution in [0.4, 0.5) is 0 Å². The van der Waals surface area contributed by atoms with E-state index in [1.54, 1.807) is 24.3 Å². The van der Waals surface area contributed by atoms with Gasteiger partial charge in [0, 0.05) is 6.04 Å². The monoisotopic (exact) mass is 417 g/mol. The minimum atomic E-state index is -0.540. The zero-order valence-electron chi connectivity index (χ0n) is 17.6. The van der Waals surface area contributed by atoms with Crippen LogP contribution < -0.4 is 10.1 Å². The third-order valence-electron chi connectivity index (χ3n) is 4.79. The summed E-state index contributed by atoms with van der Waals surface area (Å²) < 4.78 is 10.8. The fourth-order valence-electron chi connectivity index (χ4n) is 3.06. The van der Waals surface area contributed by atoms with Crippen molar-refractivity contribution < 1.29 is 19.1 Å². The van der Waals surface area contributed by atoms with E-state index < -0.39 is 5.97 Å². The Bertz CT molecular complexity index is 956. The SMILES string of the molecule is C[C@@H](CCc1ccccc1)NC(=O)COC(=O)c1ccc(OCc2ccccc2)cc1. The van der Waals surface area contributed by atoms with Crippen LogP contribution in [0.1, 0.15) is 34.8 Å². The van der Waals surface area contributed by atoms with Crippen LogP contribution in [0.15, 0.2) is 84.9 Å². The molecule has 1 atom stereocenters. The molecule has 0 bridgehead atoms. The second-order valence-electron chi connectivity index (χ2n) is 7.37. The predicted octanol–water partition coefficient (Wildman–Crippen LogP) is 4.56. The molecular weight excluding hydrogens is 390 g/mol. The van der Waals surface area contributed by atoms with Gasteiger partial charge in [-0.05, 0) is 55.2 Å². The largest absolute Gasteiger partial charge is 0.489 e. The third kappa shape index (κ3) is 7.63. The van der Waals surface area contributed by atoms with Gasteiger partial charge in [-0.15, -0.1) is 0 Å². The molecule has 3 aromatic carbocycles. The molecule has 0 saturated carbocycles. The van der Waals surface area contributed by atoms with Crippen LogP contribution in [0.5, 0.6) is 5.75 Å². The minimum absolute atomic E-state index is 0.00699. The van der Waals surface area contributed by atoms with Crippen molar-refractivity contribution in [2.75, 3.05) is 6.61 Å². The Hall–Kier alpha value is -3.60. The lowest BCUT2D eigenvalue weighted by Crippen LogP contribution is -2.36. The molecule has 0 saturated heterocycles. The Morgan fingerprint density at radius 3 is 2.10 bits per heavy atom. The van der Waals surface area contributed by atoms with Gasteiger partial charge in [-0.2, -0.15) is 0 Å². The Kier molecular flexibility index (Phi) is 8.23. The molecule has 0 aliphatic carbocycles. The molecule has 5 heteroatoms. The van der Waals surface area contributed by atoms with Crippen molar-refractivity contribution in [2.45, 2.75) is 32.4 Å². The summed E-state index contributed by atoms with van der Waals surface area (Å²) >= 11 is 0. The molecule has 3 aromatic rings. The van der Waals surface area contributed by atoms with E-state index in [-0.39, 0.29) is 18.6 Å². The van der Waals surface area contributed by atoms with Crippen molar-refractivity contribution in [3.05, 3.63) is 102 Å². The molecule has 0 unspecified atom stereocenters. The number of aryl methyl sites for hydroxylation is 1. The molecule has 31 heavy (non-hydrogen) atoms. The lowest BCUT2D eigenvalue weighted by molar-refractivity contribution is -0.124. The van der Waals surface area contributed by atoms with Crippen LogP contribution in [0.3, 0.4) is 0 Å². The third-order valence-corrected chi connectivity index (χ3v) is 4.79. The van der Waals surface area contributed by atoms with Crippen LogP contribution in [0.25, 0.3) is 0 Å². The second kappa shape index (κ2) is 11.6. The Morgan fingerprint density at radius 2 is 1.45 bits per heavy atom. The first-order chi connectivity index (χ1) is 15.1. The van der Waals surface area contributed by atoms with Crippen molar-refractivity contribution in [3.63, 3.8) is 0 Å². The first-order valence-corrected chi connectivity index (χ1v) is 10.4. The number of carbonyl (C=O) groups is 2. The van der Waals surface area contributed by atoms with Gasteiger partial charge in [0.05, 0.1) is 5.56 Å². The summed E-state index contributed by atoms with van der Waals surface area (Å²) in [6.45, 7) is 2.09. The van der Waals surface area contributed by atoms with E-state index in [2.05, 4.69) is 17.4 Å². The van der Waals surface area contributed by atoms with E-state index in [1.165, 1.54) is 5.56 Å². The Labute approximate surface area is 183 Å². The van der Waals surface area contributed by atoms with Gasteiger partial charge in [-0.3, -0.25) is 4.79 Å². The van der Waals surface area contributed by atoms with Crippen molar-refractivity contribution >= 4 is 11.9 Å². The van der Waals surface area contributed by atoms with Crippen LogP contribution in [0, 0.1) is 0 Å². The highest BCUT2D eigenvalue weighted by molar-refractivity contribution is 5.91. The van der Waals surface area contributed by atoms with Gasteiger partial charge in [0.2, 0.25) is 0 Å². The Balaban J connectivity index is 1.37. The standard InChI is InChI=1S/C26H27NO4/c1-20(12-13-21-8-4-2-5-9-21)27-25(28)19-31-26(29)23-14-16-24(17-15-23)30-18-22-10-6-3-7-11-22/h2-11,14-17,20H,12-13,18-19H2,1H3,(H,27,28)/t20-/m0/s1. The summed E-state index contributed by atoms with van der Waals surface area (Å²) in [6, 6.07) is 26.6. The van der Waals surface area contributed by atoms with Gasteiger partial charge in [0.25, 0.3) is 5.91 Å². The first kappa shape index (κ1) is 22.1. The molecule has 0 aliphatic heterocycles. The van der Waals surface area contributed by atoms with Crippen molar-refractivity contribution in [1.29, 1.82) is 0 Å². The average molecular weight is 418 g/mol. The van der Waals surface area contributed by atoms with Gasteiger partial charge in [0.1, 0.15) is 12.4 Å². The van der Waals surface area contributed by atoms with Crippen LogP contribution in [0.2, 0.25) is 0 Å². The summed E-state index contributed by atoms with van der Waals surface area (Å²) in [4.78, 5) is 24.3. The molecule has 0 aromatic heterocycles. The smallest absolute Gasteiger partial charge is 0.338 e. The number of ether oxygens (including phenoxy) is 2. The lowest BCUT2D eigenvalue weighted by atomic mass is 10.1. The number of esters is 1. The average Bonchev–Trinajstić information content (AvgIpc) is 2.81. The number of benzene rings is 3. The number of amides is 1. The van der Waals surface area contributed by atoms with E-state index in [1.807, 2.05) is 55.5 Å². The quantitative estimate of drug-likeness (QED) is 0.491. The van der Waals surface area contributed by atoms with Gasteiger partial charge in [0.15, 0.2) is 6.61 Å². The number of hydrogen-bond acceptors (Lipinski definition) is 4. The number of carbonyl (C=O) groups excluding carboxylic acids is 2. The molecular formula is C26H27NO4. The summed E-state index contributed by atoms with van der Waals surface area (Å²) in [5.41, 5.74) is 2.67. The summed E-state index contributed by atoms with van der Waals surface area (Å²) in [5, 5.41) is 2.86. The van der Waals surface area contributed by atoms with Crippen molar-refractivity contribution in [2.24, 2.45) is 0 Å². The zero-order chi connectivity index (χ0) is 21.9. The highest BCUT2D eigenvalue weighted by atomic mass is 16.5. The van der Waals surface area contributed by atoms with Crippen molar-refractivity contribution in [3.8, 4) is 5.75 Å². The topological polar surface area (TPSA) is 64.6 Å². The predicted molar refractivity (Wildman–Crippen MR) is 120 cm³/mol. The van der Waals surface area contributed by atoms with Crippen molar-refractivity contribution in [1.82, 2.24) is 5.32 Å². The van der Waals surface area contributed by atoms with E-state index in [4.69, 9.17) is 9.47 Å². The fourth-order valence-corrected chi connectivity index (χ4v) is 3.06. The van der Waals surface area contributed by atoms with Gasteiger partial charge < -0.3 is 14.8 Å². The highest BCUT2D eigenvalue weighted by Crippen LogP contribution is 2.15. The number of nitrogens with one attached hydrogen (secondary N) is 1. The Morgan fingerprint density at radius 1 is 0.839 bits per heavy atom. The van der Waals surface area contributed by atoms with Gasteiger partial charge in [-0.1, -0.05) is 60.7 Å². The molecule has 0 radical (unpaired) electrons. The maximum Gasteiger partial charge on any atom is 0.338 e. The normalized spacial score (nSPS) is 11.4. The first-order valence-electron chi connectivity index (χ1n) is 10.4. The molecule has 0 heterocycles. The molecule has 0 aliphatic rings. The van der Waals surface area contributed by atoms with E-state index >= 15 is 0 Å². The van der Waals surface area contributed by atoms with E-state index in [9.17, 15) is 9.59 Å². The maximum absolute atomic E-state index is 12.2. The van der Waals surface area contributed by atoms with E-state index in [0.29, 0.717) is 17.9 Å². The molecule has 0 fully saturated rings. The zero-order valence-corrected chi connectivity index (χ0v) is 17.6. The molecule has 3 rings (SSSR count). The maximum atomic E-state index is 12.2. The molecule has 1 N–H and O–H groups in total. The molecule has 1 amide bonds. The van der Waals surface area contributed by atoms with Crippen LogP contribution >= 0.6 is 0 Å². The molecule has 0 spiro atoms. The lowest BCUT2D eigenvalue weighted by Gasteiger charge is -2.14. The minimum Gasteiger partial charge on any atom is -0.489 e. The number of hydrogen-bond donors (Lipinski definition) is 1. The van der Waals surface area contributed by atoms with Crippen LogP contribution in [-0.2, 0) is 22.6 Å². The summed E-state index contributed by atoms with van der Waals surface area (Å²) in [6.07, 6.45) is 1.69. The van der Waals surface area contributed by atoms with Gasteiger partial charge in [-0.25, -0.2) is 4.79 Å². The summed E-state index contributed by atoms with van der Waals surface area (Å²) in [5.74, 6) is -0.191.